The number of hydrogen-bond donors (Lipinski definition) is 2. The Hall–Kier alpha value is -4.04. The SMILES string of the molecule is O=C(NCCCN(C(=O)c1ccco1)c1ccc(Oc2ccccc2)cc1)Nc1cccc(Br)c1. The number of hydrogen-bond acceptors (Lipinski definition) is 4. The first kappa shape index (κ1) is 24.1. The van der Waals surface area contributed by atoms with E-state index in [2.05, 4.69) is 26.6 Å². The average molecular weight is 534 g/mol. The summed E-state index contributed by atoms with van der Waals surface area (Å²) in [6, 6.07) is 27.1. The van der Waals surface area contributed by atoms with Gasteiger partial charge < -0.3 is 24.7 Å². The van der Waals surface area contributed by atoms with Crippen molar-refractivity contribution in [1.82, 2.24) is 5.32 Å². The second-order valence-corrected chi connectivity index (χ2v) is 8.50. The Kier molecular flexibility index (Phi) is 8.19. The van der Waals surface area contributed by atoms with Gasteiger partial charge in [-0.1, -0.05) is 40.2 Å². The highest BCUT2D eigenvalue weighted by Crippen LogP contribution is 2.25. The molecule has 0 aliphatic carbocycles. The number of para-hydroxylation sites is 1. The third kappa shape index (κ3) is 6.97. The van der Waals surface area contributed by atoms with Crippen molar-refractivity contribution in [3.63, 3.8) is 0 Å². The van der Waals surface area contributed by atoms with Gasteiger partial charge in [-0.25, -0.2) is 4.79 Å². The number of ether oxygens (including phenoxy) is 1. The van der Waals surface area contributed by atoms with Gasteiger partial charge in [0.05, 0.1) is 6.26 Å². The molecule has 1 aromatic heterocycles. The fraction of sp³-hybridized carbons (Fsp3) is 0.111. The van der Waals surface area contributed by atoms with Crippen molar-refractivity contribution in [2.45, 2.75) is 6.42 Å². The van der Waals surface area contributed by atoms with Crippen LogP contribution in [0.1, 0.15) is 17.0 Å². The molecule has 178 valence electrons. The lowest BCUT2D eigenvalue weighted by molar-refractivity contribution is 0.0960. The lowest BCUT2D eigenvalue weighted by Crippen LogP contribution is -2.35. The number of furan rings is 1. The lowest BCUT2D eigenvalue weighted by atomic mass is 10.2. The third-order valence-electron chi connectivity index (χ3n) is 5.03. The normalized spacial score (nSPS) is 10.4. The van der Waals surface area contributed by atoms with Crippen molar-refractivity contribution < 1.29 is 18.7 Å². The predicted octanol–water partition coefficient (Wildman–Crippen LogP) is 6.69. The number of benzene rings is 3. The second kappa shape index (κ2) is 11.9. The number of nitrogens with zero attached hydrogens (tertiary/aromatic N) is 1. The second-order valence-electron chi connectivity index (χ2n) is 7.59. The Balaban J connectivity index is 1.37. The predicted molar refractivity (Wildman–Crippen MR) is 139 cm³/mol. The Morgan fingerprint density at radius 2 is 1.66 bits per heavy atom. The van der Waals surface area contributed by atoms with Gasteiger partial charge in [-0.2, -0.15) is 0 Å². The molecule has 8 heteroatoms. The van der Waals surface area contributed by atoms with Crippen LogP contribution >= 0.6 is 15.9 Å². The maximum Gasteiger partial charge on any atom is 0.319 e. The quantitative estimate of drug-likeness (QED) is 0.234. The van der Waals surface area contributed by atoms with E-state index in [-0.39, 0.29) is 17.7 Å². The summed E-state index contributed by atoms with van der Waals surface area (Å²) in [7, 11) is 0. The largest absolute Gasteiger partial charge is 0.459 e. The zero-order valence-corrected chi connectivity index (χ0v) is 20.4. The minimum Gasteiger partial charge on any atom is -0.459 e. The molecule has 4 aromatic rings. The molecule has 35 heavy (non-hydrogen) atoms. The summed E-state index contributed by atoms with van der Waals surface area (Å²) >= 11 is 3.38. The molecule has 2 N–H and O–H groups in total. The summed E-state index contributed by atoms with van der Waals surface area (Å²) < 4.78 is 12.0. The summed E-state index contributed by atoms with van der Waals surface area (Å²) in [6.07, 6.45) is 2.01. The maximum atomic E-state index is 13.1. The van der Waals surface area contributed by atoms with E-state index in [4.69, 9.17) is 9.15 Å². The minimum atomic E-state index is -0.311. The van der Waals surface area contributed by atoms with Gasteiger partial charge in [0.25, 0.3) is 5.91 Å². The smallest absolute Gasteiger partial charge is 0.319 e. The number of halogens is 1. The molecule has 0 fully saturated rings. The maximum absolute atomic E-state index is 13.1. The van der Waals surface area contributed by atoms with Crippen LogP contribution in [0.3, 0.4) is 0 Å². The van der Waals surface area contributed by atoms with E-state index in [9.17, 15) is 9.59 Å². The molecule has 0 bridgehead atoms. The number of rotatable bonds is 9. The summed E-state index contributed by atoms with van der Waals surface area (Å²) in [5.41, 5.74) is 1.38. The number of anilines is 2. The Morgan fingerprint density at radius 3 is 2.37 bits per heavy atom. The molecule has 7 nitrogen and oxygen atoms in total. The van der Waals surface area contributed by atoms with E-state index in [1.165, 1.54) is 6.26 Å². The van der Waals surface area contributed by atoms with Crippen LogP contribution in [-0.4, -0.2) is 25.0 Å². The summed E-state index contributed by atoms with van der Waals surface area (Å²) in [6.45, 7) is 0.770. The van der Waals surface area contributed by atoms with Crippen LogP contribution in [0, 0.1) is 0 Å². The standard InChI is InChI=1S/C27H24BrN3O4/c28-20-7-4-8-21(19-20)30-27(33)29-16-6-17-31(26(32)25-11-5-18-34-25)22-12-14-24(15-13-22)35-23-9-2-1-3-10-23/h1-5,7-15,18-19H,6,16-17H2,(H2,29,30,33). The molecule has 0 saturated carbocycles. The molecule has 4 rings (SSSR count). The Labute approximate surface area is 211 Å². The van der Waals surface area contributed by atoms with Crippen LogP contribution in [0.4, 0.5) is 16.2 Å². The number of urea groups is 1. The molecule has 0 aliphatic heterocycles. The van der Waals surface area contributed by atoms with Crippen LogP contribution in [0.25, 0.3) is 0 Å². The molecule has 0 atom stereocenters. The summed E-state index contributed by atoms with van der Waals surface area (Å²) in [5.74, 6) is 1.38. The molecule has 0 spiro atoms. The van der Waals surface area contributed by atoms with Crippen LogP contribution in [-0.2, 0) is 0 Å². The highest BCUT2D eigenvalue weighted by molar-refractivity contribution is 9.10. The molecule has 3 aromatic carbocycles. The topological polar surface area (TPSA) is 83.8 Å². The molecule has 0 aliphatic rings. The van der Waals surface area contributed by atoms with Gasteiger partial charge in [-0.15, -0.1) is 0 Å². The highest BCUT2D eigenvalue weighted by atomic mass is 79.9. The van der Waals surface area contributed by atoms with Crippen molar-refractivity contribution in [2.75, 3.05) is 23.3 Å². The average Bonchev–Trinajstić information content (AvgIpc) is 3.40. The van der Waals surface area contributed by atoms with Gasteiger partial charge in [0.2, 0.25) is 0 Å². The van der Waals surface area contributed by atoms with E-state index in [1.807, 2.05) is 72.8 Å². The zero-order chi connectivity index (χ0) is 24.5. The molecular weight excluding hydrogens is 510 g/mol. The van der Waals surface area contributed by atoms with Crippen LogP contribution in [0.5, 0.6) is 11.5 Å². The molecule has 0 radical (unpaired) electrons. The molecule has 3 amide bonds. The van der Waals surface area contributed by atoms with E-state index in [1.54, 1.807) is 23.1 Å². The first-order valence-electron chi connectivity index (χ1n) is 11.1. The third-order valence-corrected chi connectivity index (χ3v) is 5.52. The fourth-order valence-corrected chi connectivity index (χ4v) is 3.78. The van der Waals surface area contributed by atoms with Gasteiger partial charge >= 0.3 is 6.03 Å². The van der Waals surface area contributed by atoms with E-state index in [0.717, 1.165) is 10.2 Å². The molecule has 0 saturated heterocycles. The van der Waals surface area contributed by atoms with Crippen molar-refractivity contribution in [1.29, 1.82) is 0 Å². The molecule has 0 unspecified atom stereocenters. The highest BCUT2D eigenvalue weighted by Gasteiger charge is 2.20. The van der Waals surface area contributed by atoms with Crippen molar-refractivity contribution in [2.24, 2.45) is 0 Å². The number of amides is 3. The van der Waals surface area contributed by atoms with Gasteiger partial charge in [-0.3, -0.25) is 4.79 Å². The Bertz CT molecular complexity index is 1250. The monoisotopic (exact) mass is 533 g/mol. The lowest BCUT2D eigenvalue weighted by Gasteiger charge is -2.22. The number of nitrogens with one attached hydrogen (secondary N) is 2. The van der Waals surface area contributed by atoms with Gasteiger partial charge in [0.15, 0.2) is 5.76 Å². The number of carbonyl (C=O) groups excluding carboxylic acids is 2. The van der Waals surface area contributed by atoms with E-state index in [0.29, 0.717) is 36.6 Å². The molecule has 1 heterocycles. The van der Waals surface area contributed by atoms with E-state index >= 15 is 0 Å². The molecular formula is C27H24BrN3O4. The minimum absolute atomic E-state index is 0.245. The zero-order valence-electron chi connectivity index (χ0n) is 18.8. The van der Waals surface area contributed by atoms with Gasteiger partial charge in [-0.05, 0) is 73.2 Å². The first-order valence-corrected chi connectivity index (χ1v) is 11.9. The van der Waals surface area contributed by atoms with Crippen molar-refractivity contribution in [3.05, 3.63) is 107 Å². The van der Waals surface area contributed by atoms with Gasteiger partial charge in [0.1, 0.15) is 11.5 Å². The van der Waals surface area contributed by atoms with Crippen molar-refractivity contribution in [3.8, 4) is 11.5 Å². The van der Waals surface area contributed by atoms with E-state index < -0.39 is 0 Å². The summed E-state index contributed by atoms with van der Waals surface area (Å²) in [5, 5.41) is 5.61. The fourth-order valence-electron chi connectivity index (χ4n) is 3.38. The number of carbonyl (C=O) groups is 2. The Morgan fingerprint density at radius 1 is 0.886 bits per heavy atom. The van der Waals surface area contributed by atoms with Crippen LogP contribution in [0.2, 0.25) is 0 Å². The summed E-state index contributed by atoms with van der Waals surface area (Å²) in [4.78, 5) is 26.9. The van der Waals surface area contributed by atoms with Gasteiger partial charge in [0, 0.05) is 28.9 Å². The first-order chi connectivity index (χ1) is 17.1. The van der Waals surface area contributed by atoms with Crippen molar-refractivity contribution >= 4 is 39.2 Å². The van der Waals surface area contributed by atoms with Crippen LogP contribution < -0.4 is 20.3 Å². The van der Waals surface area contributed by atoms with Crippen LogP contribution in [0.15, 0.2) is 106 Å².